The quantitative estimate of drug-likeness (QED) is 0.790. The molecule has 92 valence electrons. The van der Waals surface area contributed by atoms with Crippen molar-refractivity contribution < 1.29 is 0 Å². The highest BCUT2D eigenvalue weighted by Crippen LogP contribution is 2.19. The van der Waals surface area contributed by atoms with E-state index in [0.29, 0.717) is 6.04 Å². The Bertz CT molecular complexity index is 292. The maximum atomic E-state index is 4.56. The van der Waals surface area contributed by atoms with Crippen LogP contribution in [0.15, 0.2) is 5.38 Å². The van der Waals surface area contributed by atoms with E-state index in [1.807, 2.05) is 0 Å². The Morgan fingerprint density at radius 2 is 2.00 bits per heavy atom. The Morgan fingerprint density at radius 3 is 2.44 bits per heavy atom. The highest BCUT2D eigenvalue weighted by atomic mass is 32.1. The fourth-order valence-electron chi connectivity index (χ4n) is 2.21. The molecule has 3 heteroatoms. The second-order valence-electron chi connectivity index (χ2n) is 4.33. The van der Waals surface area contributed by atoms with Crippen LogP contribution in [0.4, 0.5) is 0 Å². The fourth-order valence-corrected chi connectivity index (χ4v) is 3.04. The van der Waals surface area contributed by atoms with E-state index in [9.17, 15) is 0 Å². The van der Waals surface area contributed by atoms with Gasteiger partial charge in [0.15, 0.2) is 0 Å². The summed E-state index contributed by atoms with van der Waals surface area (Å²) in [5, 5.41) is 7.03. The number of thiazole rings is 1. The molecule has 0 radical (unpaired) electrons. The number of aromatic nitrogens is 1. The van der Waals surface area contributed by atoms with Crippen molar-refractivity contribution in [1.29, 1.82) is 0 Å². The van der Waals surface area contributed by atoms with Crippen molar-refractivity contribution in [2.75, 3.05) is 6.54 Å². The Balaban J connectivity index is 2.63. The van der Waals surface area contributed by atoms with Crippen molar-refractivity contribution in [1.82, 2.24) is 10.3 Å². The molecule has 0 bridgehead atoms. The van der Waals surface area contributed by atoms with E-state index < -0.39 is 0 Å². The molecule has 0 aliphatic carbocycles. The molecule has 1 atom stereocenters. The Labute approximate surface area is 103 Å². The average molecular weight is 240 g/mol. The van der Waals surface area contributed by atoms with Crippen LogP contribution in [0.25, 0.3) is 0 Å². The molecular formula is C13H24N2S. The monoisotopic (exact) mass is 240 g/mol. The Morgan fingerprint density at radius 1 is 1.31 bits per heavy atom. The second kappa shape index (κ2) is 7.02. The fraction of sp³-hybridized carbons (Fsp3) is 0.769. The van der Waals surface area contributed by atoms with Crippen LogP contribution in [-0.4, -0.2) is 17.6 Å². The predicted molar refractivity (Wildman–Crippen MR) is 72.1 cm³/mol. The summed E-state index contributed by atoms with van der Waals surface area (Å²) >= 11 is 1.79. The van der Waals surface area contributed by atoms with Crippen LogP contribution in [0, 0.1) is 12.8 Å². The third-order valence-corrected chi connectivity index (χ3v) is 4.13. The van der Waals surface area contributed by atoms with Crippen LogP contribution in [0.3, 0.4) is 0 Å². The van der Waals surface area contributed by atoms with Crippen LogP contribution in [0.5, 0.6) is 0 Å². The average Bonchev–Trinajstić information content (AvgIpc) is 2.66. The normalized spacial score (nSPS) is 13.3. The molecule has 0 aromatic carbocycles. The molecule has 1 aromatic heterocycles. The molecule has 0 fully saturated rings. The van der Waals surface area contributed by atoms with Crippen molar-refractivity contribution in [2.24, 2.45) is 5.92 Å². The first-order chi connectivity index (χ1) is 7.71. The molecule has 1 unspecified atom stereocenters. The zero-order valence-corrected chi connectivity index (χ0v) is 11.7. The molecule has 0 spiro atoms. The number of nitrogens with one attached hydrogen (secondary N) is 1. The van der Waals surface area contributed by atoms with Gasteiger partial charge in [-0.1, -0.05) is 33.6 Å². The largest absolute Gasteiger partial charge is 0.314 e. The third-order valence-electron chi connectivity index (χ3n) is 3.15. The van der Waals surface area contributed by atoms with Crippen LogP contribution >= 0.6 is 11.3 Å². The van der Waals surface area contributed by atoms with Gasteiger partial charge in [0.1, 0.15) is 0 Å². The maximum absolute atomic E-state index is 4.56. The van der Waals surface area contributed by atoms with Crippen molar-refractivity contribution in [2.45, 2.75) is 53.0 Å². The number of likely N-dealkylation sites (N-methyl/N-ethyl adjacent to an activating group) is 1. The van der Waals surface area contributed by atoms with E-state index in [1.165, 1.54) is 17.8 Å². The van der Waals surface area contributed by atoms with Gasteiger partial charge in [-0.15, -0.1) is 11.3 Å². The highest BCUT2D eigenvalue weighted by Gasteiger charge is 2.18. The van der Waals surface area contributed by atoms with Gasteiger partial charge in [-0.2, -0.15) is 0 Å². The van der Waals surface area contributed by atoms with E-state index in [1.54, 1.807) is 11.3 Å². The highest BCUT2D eigenvalue weighted by molar-refractivity contribution is 7.09. The zero-order chi connectivity index (χ0) is 12.0. The first kappa shape index (κ1) is 13.7. The van der Waals surface area contributed by atoms with Crippen molar-refractivity contribution >= 4 is 11.3 Å². The SMILES string of the molecule is CCNC(Cc1nc(C)cs1)C(CC)CC. The summed E-state index contributed by atoms with van der Waals surface area (Å²) in [5.41, 5.74) is 1.15. The summed E-state index contributed by atoms with van der Waals surface area (Å²) in [5.74, 6) is 0.768. The lowest BCUT2D eigenvalue weighted by atomic mass is 9.92. The topological polar surface area (TPSA) is 24.9 Å². The van der Waals surface area contributed by atoms with E-state index in [-0.39, 0.29) is 0 Å². The molecular weight excluding hydrogens is 216 g/mol. The van der Waals surface area contributed by atoms with Gasteiger partial charge in [0.05, 0.1) is 5.01 Å². The lowest BCUT2D eigenvalue weighted by Crippen LogP contribution is -2.37. The van der Waals surface area contributed by atoms with Crippen molar-refractivity contribution in [3.05, 3.63) is 16.1 Å². The van der Waals surface area contributed by atoms with Crippen molar-refractivity contribution in [3.8, 4) is 0 Å². The molecule has 1 rings (SSSR count). The second-order valence-corrected chi connectivity index (χ2v) is 5.27. The first-order valence-electron chi connectivity index (χ1n) is 6.35. The van der Waals surface area contributed by atoms with Gasteiger partial charge in [0.25, 0.3) is 0 Å². The number of nitrogens with zero attached hydrogens (tertiary/aromatic N) is 1. The summed E-state index contributed by atoms with van der Waals surface area (Å²) in [6.45, 7) is 9.87. The molecule has 0 aliphatic heterocycles. The summed E-state index contributed by atoms with van der Waals surface area (Å²) in [7, 11) is 0. The first-order valence-corrected chi connectivity index (χ1v) is 7.23. The molecule has 0 saturated heterocycles. The van der Waals surface area contributed by atoms with Crippen LogP contribution in [-0.2, 0) is 6.42 Å². The van der Waals surface area contributed by atoms with Crippen LogP contribution < -0.4 is 5.32 Å². The molecule has 1 heterocycles. The van der Waals surface area contributed by atoms with Gasteiger partial charge < -0.3 is 5.32 Å². The van der Waals surface area contributed by atoms with Crippen LogP contribution in [0.2, 0.25) is 0 Å². The van der Waals surface area contributed by atoms with E-state index in [4.69, 9.17) is 0 Å². The summed E-state index contributed by atoms with van der Waals surface area (Å²) in [6, 6.07) is 0.588. The van der Waals surface area contributed by atoms with Crippen molar-refractivity contribution in [3.63, 3.8) is 0 Å². The summed E-state index contributed by atoms with van der Waals surface area (Å²) < 4.78 is 0. The summed E-state index contributed by atoms with van der Waals surface area (Å²) in [6.07, 6.45) is 3.58. The third kappa shape index (κ3) is 3.87. The molecule has 0 aliphatic rings. The van der Waals surface area contributed by atoms with Gasteiger partial charge in [-0.25, -0.2) is 4.98 Å². The number of hydrogen-bond donors (Lipinski definition) is 1. The minimum atomic E-state index is 0.588. The minimum Gasteiger partial charge on any atom is -0.314 e. The lowest BCUT2D eigenvalue weighted by Gasteiger charge is -2.25. The molecule has 1 N–H and O–H groups in total. The zero-order valence-electron chi connectivity index (χ0n) is 10.9. The predicted octanol–water partition coefficient (Wildman–Crippen LogP) is 3.41. The maximum Gasteiger partial charge on any atom is 0.0943 e. The molecule has 0 amide bonds. The standard InChI is InChI=1S/C13H24N2S/c1-5-11(6-2)12(14-7-3)8-13-15-10(4)9-16-13/h9,11-12,14H,5-8H2,1-4H3. The van der Waals surface area contributed by atoms with E-state index in [0.717, 1.165) is 24.6 Å². The Hall–Kier alpha value is -0.410. The van der Waals surface area contributed by atoms with Gasteiger partial charge in [-0.3, -0.25) is 0 Å². The van der Waals surface area contributed by atoms with Gasteiger partial charge in [0, 0.05) is 23.5 Å². The lowest BCUT2D eigenvalue weighted by molar-refractivity contribution is 0.336. The molecule has 0 saturated carbocycles. The van der Waals surface area contributed by atoms with Gasteiger partial charge in [0.2, 0.25) is 0 Å². The molecule has 16 heavy (non-hydrogen) atoms. The number of rotatable bonds is 7. The Kier molecular flexibility index (Phi) is 5.99. The van der Waals surface area contributed by atoms with Gasteiger partial charge >= 0.3 is 0 Å². The molecule has 2 nitrogen and oxygen atoms in total. The van der Waals surface area contributed by atoms with Crippen LogP contribution in [0.1, 0.15) is 44.3 Å². The smallest absolute Gasteiger partial charge is 0.0943 e. The summed E-state index contributed by atoms with van der Waals surface area (Å²) in [4.78, 5) is 4.56. The van der Waals surface area contributed by atoms with E-state index in [2.05, 4.69) is 43.4 Å². The minimum absolute atomic E-state index is 0.588. The number of aryl methyl sites for hydroxylation is 1. The van der Waals surface area contributed by atoms with Gasteiger partial charge in [-0.05, 0) is 19.4 Å². The molecule has 1 aromatic rings. The number of hydrogen-bond acceptors (Lipinski definition) is 3. The van der Waals surface area contributed by atoms with E-state index >= 15 is 0 Å².